The van der Waals surface area contributed by atoms with Crippen LogP contribution >= 0.6 is 12.2 Å². The number of aromatic nitrogens is 2. The Bertz CT molecular complexity index is 858. The van der Waals surface area contributed by atoms with Gasteiger partial charge in [-0.15, -0.1) is 0 Å². The van der Waals surface area contributed by atoms with Gasteiger partial charge in [0, 0.05) is 23.6 Å². The summed E-state index contributed by atoms with van der Waals surface area (Å²) in [6.45, 7) is 8.29. The van der Waals surface area contributed by atoms with Crippen molar-refractivity contribution in [1.82, 2.24) is 15.3 Å². The maximum absolute atomic E-state index is 12.7. The molecule has 0 bridgehead atoms. The monoisotopic (exact) mass is 424 g/mol. The molecule has 0 unspecified atom stereocenters. The highest BCUT2D eigenvalue weighted by Crippen LogP contribution is 2.29. The summed E-state index contributed by atoms with van der Waals surface area (Å²) in [4.78, 5) is 13.1. The molecule has 1 aromatic carbocycles. The minimum atomic E-state index is -4.39. The molecule has 2 aromatic rings. The number of thiocarbonyl (C=S) groups is 1. The molecule has 10 heteroatoms. The van der Waals surface area contributed by atoms with Crippen LogP contribution in [-0.4, -0.2) is 27.6 Å². The van der Waals surface area contributed by atoms with E-state index in [0.717, 1.165) is 23.5 Å². The van der Waals surface area contributed by atoms with E-state index in [4.69, 9.17) is 12.2 Å². The van der Waals surface area contributed by atoms with E-state index in [-0.39, 0.29) is 5.11 Å². The Balaban J connectivity index is 2.09. The van der Waals surface area contributed by atoms with Gasteiger partial charge in [-0.2, -0.15) is 13.2 Å². The summed E-state index contributed by atoms with van der Waals surface area (Å²) in [6.07, 6.45) is -4.39. The number of rotatable bonds is 4. The maximum Gasteiger partial charge on any atom is 0.416 e. The number of aliphatic imine (C=N–C) groups is 1. The maximum atomic E-state index is 12.7. The molecule has 0 atom stereocenters. The van der Waals surface area contributed by atoms with Crippen molar-refractivity contribution in [3.63, 3.8) is 0 Å². The second-order valence-electron chi connectivity index (χ2n) is 6.84. The Labute approximate surface area is 173 Å². The van der Waals surface area contributed by atoms with E-state index < -0.39 is 11.7 Å². The Morgan fingerprint density at radius 2 is 1.66 bits per heavy atom. The van der Waals surface area contributed by atoms with E-state index in [2.05, 4.69) is 30.9 Å². The number of aryl methyl sites for hydroxylation is 2. The summed E-state index contributed by atoms with van der Waals surface area (Å²) in [5.41, 5.74) is 1.29. The van der Waals surface area contributed by atoms with E-state index >= 15 is 0 Å². The minimum Gasteiger partial charge on any atom is -0.332 e. The smallest absolute Gasteiger partial charge is 0.332 e. The summed E-state index contributed by atoms with van der Waals surface area (Å²) < 4.78 is 38.0. The highest BCUT2D eigenvalue weighted by molar-refractivity contribution is 7.80. The van der Waals surface area contributed by atoms with Crippen LogP contribution in [0.2, 0.25) is 0 Å². The fraction of sp³-hybridized carbons (Fsp3) is 0.368. The molecule has 0 spiro atoms. The van der Waals surface area contributed by atoms with Gasteiger partial charge in [0.05, 0.1) is 5.56 Å². The summed E-state index contributed by atoms with van der Waals surface area (Å²) in [5, 5.41) is 8.92. The number of guanidine groups is 1. The number of anilines is 2. The van der Waals surface area contributed by atoms with Crippen molar-refractivity contribution in [2.45, 2.75) is 33.9 Å². The molecule has 156 valence electrons. The molecular formula is C19H23F3N6S. The summed E-state index contributed by atoms with van der Waals surface area (Å²) >= 11 is 5.26. The van der Waals surface area contributed by atoms with Crippen molar-refractivity contribution < 1.29 is 13.2 Å². The predicted octanol–water partition coefficient (Wildman–Crippen LogP) is 4.52. The van der Waals surface area contributed by atoms with Gasteiger partial charge in [0.2, 0.25) is 11.9 Å². The quantitative estimate of drug-likeness (QED) is 0.381. The zero-order chi connectivity index (χ0) is 21.6. The van der Waals surface area contributed by atoms with Crippen LogP contribution in [0.1, 0.15) is 30.8 Å². The minimum absolute atomic E-state index is 0.170. The molecule has 1 heterocycles. The fourth-order valence-corrected chi connectivity index (χ4v) is 2.50. The van der Waals surface area contributed by atoms with E-state index in [1.807, 2.05) is 33.8 Å². The molecule has 0 saturated heterocycles. The van der Waals surface area contributed by atoms with Crippen molar-refractivity contribution in [3.05, 3.63) is 47.3 Å². The van der Waals surface area contributed by atoms with Gasteiger partial charge in [-0.3, -0.25) is 10.3 Å². The van der Waals surface area contributed by atoms with Crippen LogP contribution in [0.25, 0.3) is 0 Å². The number of benzene rings is 1. The first-order chi connectivity index (χ1) is 13.5. The lowest BCUT2D eigenvalue weighted by atomic mass is 10.2. The van der Waals surface area contributed by atoms with Crippen LogP contribution < -0.4 is 16.0 Å². The van der Waals surface area contributed by atoms with Crippen LogP contribution in [-0.2, 0) is 6.18 Å². The van der Waals surface area contributed by atoms with Gasteiger partial charge in [-0.05, 0) is 62.3 Å². The lowest BCUT2D eigenvalue weighted by Gasteiger charge is -2.15. The third-order valence-corrected chi connectivity index (χ3v) is 3.73. The van der Waals surface area contributed by atoms with Gasteiger partial charge in [0.25, 0.3) is 0 Å². The molecule has 3 N–H and O–H groups in total. The topological polar surface area (TPSA) is 74.2 Å². The second kappa shape index (κ2) is 9.64. The van der Waals surface area contributed by atoms with Crippen molar-refractivity contribution in [2.24, 2.45) is 10.9 Å². The molecule has 0 aliphatic carbocycles. The lowest BCUT2D eigenvalue weighted by molar-refractivity contribution is -0.137. The number of hydrogen-bond acceptors (Lipinski definition) is 4. The van der Waals surface area contributed by atoms with E-state index in [1.165, 1.54) is 12.1 Å². The Morgan fingerprint density at radius 3 is 2.17 bits per heavy atom. The second-order valence-corrected chi connectivity index (χ2v) is 7.24. The predicted molar refractivity (Wildman–Crippen MR) is 113 cm³/mol. The zero-order valence-electron chi connectivity index (χ0n) is 16.6. The molecular weight excluding hydrogens is 401 g/mol. The van der Waals surface area contributed by atoms with Crippen LogP contribution in [0.15, 0.2) is 35.3 Å². The third kappa shape index (κ3) is 7.65. The number of nitrogens with one attached hydrogen (secondary N) is 3. The van der Waals surface area contributed by atoms with Gasteiger partial charge in [-0.25, -0.2) is 9.97 Å². The molecule has 0 aliphatic rings. The Morgan fingerprint density at radius 1 is 1.07 bits per heavy atom. The van der Waals surface area contributed by atoms with Crippen molar-refractivity contribution in [3.8, 4) is 0 Å². The Kier molecular flexibility index (Phi) is 7.49. The van der Waals surface area contributed by atoms with Crippen LogP contribution in [0.3, 0.4) is 0 Å². The average Bonchev–Trinajstić information content (AvgIpc) is 2.58. The largest absolute Gasteiger partial charge is 0.416 e. The first-order valence-corrected chi connectivity index (χ1v) is 9.33. The fourth-order valence-electron chi connectivity index (χ4n) is 2.28. The third-order valence-electron chi connectivity index (χ3n) is 3.53. The Hall–Kier alpha value is -2.75. The molecule has 6 nitrogen and oxygen atoms in total. The number of hydrogen-bond donors (Lipinski definition) is 3. The molecule has 2 rings (SSSR count). The number of nitrogens with zero attached hydrogens (tertiary/aromatic N) is 3. The summed E-state index contributed by atoms with van der Waals surface area (Å²) in [7, 11) is 0. The SMILES string of the molecule is Cc1cc(C)nc(NC(=NCC(C)C)NC(=S)Nc2ccc(C(F)(F)F)cc2)n1. The summed E-state index contributed by atoms with van der Waals surface area (Å²) in [6, 6.07) is 6.44. The molecule has 0 radical (unpaired) electrons. The lowest BCUT2D eigenvalue weighted by Crippen LogP contribution is -2.39. The van der Waals surface area contributed by atoms with Gasteiger partial charge < -0.3 is 10.6 Å². The molecule has 0 saturated carbocycles. The molecule has 0 aliphatic heterocycles. The van der Waals surface area contributed by atoms with Crippen molar-refractivity contribution in [2.75, 3.05) is 17.2 Å². The molecule has 29 heavy (non-hydrogen) atoms. The number of halogens is 3. The van der Waals surface area contributed by atoms with E-state index in [1.54, 1.807) is 0 Å². The van der Waals surface area contributed by atoms with Gasteiger partial charge in [0.15, 0.2) is 5.11 Å². The first-order valence-electron chi connectivity index (χ1n) is 8.92. The highest BCUT2D eigenvalue weighted by atomic mass is 32.1. The van der Waals surface area contributed by atoms with Crippen molar-refractivity contribution in [1.29, 1.82) is 0 Å². The summed E-state index contributed by atoms with van der Waals surface area (Å²) in [5.74, 6) is 1.02. The highest BCUT2D eigenvalue weighted by Gasteiger charge is 2.29. The van der Waals surface area contributed by atoms with E-state index in [0.29, 0.717) is 30.1 Å². The van der Waals surface area contributed by atoms with Crippen LogP contribution in [0.4, 0.5) is 24.8 Å². The standard InChI is InChI=1S/C19H23F3N6S/c1-11(2)10-23-16(27-17-24-12(3)9-13(4)25-17)28-18(29)26-15-7-5-14(6-8-15)19(20,21)22/h5-9,11H,10H2,1-4H3,(H3,23,24,25,26,27,28,29). The molecule has 0 amide bonds. The van der Waals surface area contributed by atoms with Gasteiger partial charge in [0.1, 0.15) is 0 Å². The van der Waals surface area contributed by atoms with Crippen LogP contribution in [0.5, 0.6) is 0 Å². The number of alkyl halides is 3. The van der Waals surface area contributed by atoms with Gasteiger partial charge >= 0.3 is 6.18 Å². The van der Waals surface area contributed by atoms with Crippen molar-refractivity contribution >= 4 is 34.9 Å². The van der Waals surface area contributed by atoms with Crippen LogP contribution in [0, 0.1) is 19.8 Å². The molecule has 1 aromatic heterocycles. The first kappa shape index (κ1) is 22.5. The zero-order valence-corrected chi connectivity index (χ0v) is 17.4. The normalized spacial score (nSPS) is 12.1. The van der Waals surface area contributed by atoms with Gasteiger partial charge in [-0.1, -0.05) is 13.8 Å². The van der Waals surface area contributed by atoms with E-state index in [9.17, 15) is 13.2 Å². The average molecular weight is 424 g/mol. The molecule has 0 fully saturated rings.